The van der Waals surface area contributed by atoms with Gasteiger partial charge in [-0.1, -0.05) is 25.1 Å². The summed E-state index contributed by atoms with van der Waals surface area (Å²) in [6.45, 7) is 2.03. The summed E-state index contributed by atoms with van der Waals surface area (Å²) in [5, 5.41) is 11.1. The average Bonchev–Trinajstić information content (AvgIpc) is 2.85. The Kier molecular flexibility index (Phi) is 4.91. The quantitative estimate of drug-likeness (QED) is 0.627. The van der Waals surface area contributed by atoms with Crippen LogP contribution in [0.1, 0.15) is 34.5 Å². The number of hydrogen-bond donors (Lipinski definition) is 2. The van der Waals surface area contributed by atoms with Crippen LogP contribution in [0.5, 0.6) is 0 Å². The Balaban J connectivity index is 2.06. The van der Waals surface area contributed by atoms with E-state index in [1.807, 2.05) is 6.92 Å². The normalized spacial score (nSPS) is 10.7. The van der Waals surface area contributed by atoms with Gasteiger partial charge in [-0.25, -0.2) is 14.8 Å². The molecule has 0 unspecified atom stereocenters. The molecule has 20 heavy (non-hydrogen) atoms. The number of thiazole rings is 1. The lowest BCUT2D eigenvalue weighted by molar-refractivity contribution is 0.0696. The molecule has 6 nitrogen and oxygen atoms in total. The van der Waals surface area contributed by atoms with Crippen molar-refractivity contribution in [3.8, 4) is 0 Å². The fourth-order valence-corrected chi connectivity index (χ4v) is 3.10. The highest BCUT2D eigenvalue weighted by molar-refractivity contribution is 7.98. The number of aryl methyl sites for hydroxylation is 1. The van der Waals surface area contributed by atoms with Crippen LogP contribution in [0.15, 0.2) is 21.4 Å². The number of aromatic amines is 1. The van der Waals surface area contributed by atoms with E-state index in [0.717, 1.165) is 29.9 Å². The highest BCUT2D eigenvalue weighted by atomic mass is 32.2. The fraction of sp³-hybridized carbons (Fsp3) is 0.333. The minimum absolute atomic E-state index is 0.0711. The van der Waals surface area contributed by atoms with Gasteiger partial charge in [0.1, 0.15) is 0 Å². The van der Waals surface area contributed by atoms with Gasteiger partial charge in [0.15, 0.2) is 5.16 Å². The maximum atomic E-state index is 11.5. The van der Waals surface area contributed by atoms with Crippen molar-refractivity contribution in [2.75, 3.05) is 0 Å². The Morgan fingerprint density at radius 2 is 2.25 bits per heavy atom. The van der Waals surface area contributed by atoms with Gasteiger partial charge in [0.25, 0.3) is 5.56 Å². The van der Waals surface area contributed by atoms with E-state index in [0.29, 0.717) is 16.6 Å². The first-order valence-electron chi connectivity index (χ1n) is 5.99. The van der Waals surface area contributed by atoms with Crippen molar-refractivity contribution in [2.45, 2.75) is 30.7 Å². The molecule has 0 saturated heterocycles. The molecule has 0 amide bonds. The molecule has 2 N–H and O–H groups in total. The van der Waals surface area contributed by atoms with Crippen molar-refractivity contribution in [3.05, 3.63) is 38.2 Å². The zero-order valence-corrected chi connectivity index (χ0v) is 12.4. The summed E-state index contributed by atoms with van der Waals surface area (Å²) < 4.78 is 0. The molecule has 0 radical (unpaired) electrons. The Morgan fingerprint density at radius 1 is 1.45 bits per heavy atom. The first kappa shape index (κ1) is 14.7. The topological polar surface area (TPSA) is 95.9 Å². The zero-order valence-electron chi connectivity index (χ0n) is 10.8. The van der Waals surface area contributed by atoms with Crippen LogP contribution in [0.2, 0.25) is 0 Å². The summed E-state index contributed by atoms with van der Waals surface area (Å²) in [6, 6.07) is 1.50. The van der Waals surface area contributed by atoms with Gasteiger partial charge in [-0.2, -0.15) is 0 Å². The first-order valence-corrected chi connectivity index (χ1v) is 7.85. The molecule has 2 rings (SSSR count). The van der Waals surface area contributed by atoms with Gasteiger partial charge in [-0.05, 0) is 6.42 Å². The number of nitrogens with zero attached hydrogens (tertiary/aromatic N) is 2. The van der Waals surface area contributed by atoms with Gasteiger partial charge in [0.2, 0.25) is 5.01 Å². The smallest absolute Gasteiger partial charge is 0.365 e. The molecular formula is C12H13N3O3S2. The maximum absolute atomic E-state index is 11.5. The van der Waals surface area contributed by atoms with Crippen LogP contribution < -0.4 is 5.56 Å². The third-order valence-corrected chi connectivity index (χ3v) is 4.16. The van der Waals surface area contributed by atoms with E-state index in [1.165, 1.54) is 17.8 Å². The predicted molar refractivity (Wildman–Crippen MR) is 77.5 cm³/mol. The number of H-pyrrole nitrogens is 1. The van der Waals surface area contributed by atoms with Crippen molar-refractivity contribution in [1.82, 2.24) is 15.0 Å². The van der Waals surface area contributed by atoms with Gasteiger partial charge in [-0.15, -0.1) is 11.3 Å². The molecule has 0 atom stereocenters. The number of nitrogens with one attached hydrogen (secondary N) is 1. The maximum Gasteiger partial charge on any atom is 0.365 e. The molecule has 0 aliphatic heterocycles. The number of aromatic carboxylic acids is 1. The number of hydrogen-bond acceptors (Lipinski definition) is 6. The minimum atomic E-state index is -1.03. The fourth-order valence-electron chi connectivity index (χ4n) is 1.55. The van der Waals surface area contributed by atoms with E-state index in [9.17, 15) is 9.59 Å². The molecule has 0 aromatic carbocycles. The third-order valence-electron chi connectivity index (χ3n) is 2.37. The molecule has 8 heteroatoms. The Morgan fingerprint density at radius 3 is 2.90 bits per heavy atom. The molecule has 0 saturated carbocycles. The third kappa shape index (κ3) is 3.91. The molecule has 2 aromatic rings. The molecule has 0 bridgehead atoms. The molecule has 0 aliphatic carbocycles. The number of rotatable bonds is 6. The second-order valence-electron chi connectivity index (χ2n) is 4.03. The molecule has 0 fully saturated rings. The number of carbonyl (C=O) groups is 1. The van der Waals surface area contributed by atoms with Gasteiger partial charge in [0, 0.05) is 22.9 Å². The summed E-state index contributed by atoms with van der Waals surface area (Å²) in [4.78, 5) is 33.2. The first-order chi connectivity index (χ1) is 9.58. The van der Waals surface area contributed by atoms with Crippen LogP contribution in [0.3, 0.4) is 0 Å². The van der Waals surface area contributed by atoms with Crippen LogP contribution >= 0.6 is 23.1 Å². The monoisotopic (exact) mass is 311 g/mol. The summed E-state index contributed by atoms with van der Waals surface area (Å²) >= 11 is 2.43. The average molecular weight is 311 g/mol. The highest BCUT2D eigenvalue weighted by Crippen LogP contribution is 2.20. The molecule has 0 spiro atoms. The molecule has 106 valence electrons. The highest BCUT2D eigenvalue weighted by Gasteiger charge is 2.10. The Labute approximate surface area is 123 Å². The van der Waals surface area contributed by atoms with Crippen LogP contribution in [-0.4, -0.2) is 26.0 Å². The van der Waals surface area contributed by atoms with E-state index >= 15 is 0 Å². The molecule has 0 aliphatic rings. The van der Waals surface area contributed by atoms with Crippen LogP contribution in [0, 0.1) is 0 Å². The second-order valence-corrected chi connectivity index (χ2v) is 5.85. The summed E-state index contributed by atoms with van der Waals surface area (Å²) in [7, 11) is 0. The van der Waals surface area contributed by atoms with Gasteiger partial charge >= 0.3 is 5.97 Å². The van der Waals surface area contributed by atoms with Crippen molar-refractivity contribution < 1.29 is 9.90 Å². The van der Waals surface area contributed by atoms with Crippen LogP contribution in [-0.2, 0) is 12.2 Å². The van der Waals surface area contributed by atoms with Crippen molar-refractivity contribution >= 4 is 29.1 Å². The van der Waals surface area contributed by atoms with E-state index in [4.69, 9.17) is 5.11 Å². The second kappa shape index (κ2) is 6.67. The van der Waals surface area contributed by atoms with Crippen molar-refractivity contribution in [1.29, 1.82) is 0 Å². The van der Waals surface area contributed by atoms with E-state index in [-0.39, 0.29) is 10.6 Å². The van der Waals surface area contributed by atoms with E-state index in [2.05, 4.69) is 15.0 Å². The van der Waals surface area contributed by atoms with Crippen molar-refractivity contribution in [2.24, 2.45) is 0 Å². The number of thioether (sulfide) groups is 1. The number of carboxylic acids is 1. The molecular weight excluding hydrogens is 298 g/mol. The number of aromatic nitrogens is 3. The lowest BCUT2D eigenvalue weighted by Gasteiger charge is -2.02. The molecule has 2 heterocycles. The van der Waals surface area contributed by atoms with Crippen LogP contribution in [0.25, 0.3) is 0 Å². The largest absolute Gasteiger partial charge is 0.476 e. The minimum Gasteiger partial charge on any atom is -0.476 e. The van der Waals surface area contributed by atoms with Gasteiger partial charge in [-0.3, -0.25) is 4.79 Å². The van der Waals surface area contributed by atoms with Crippen LogP contribution in [0.4, 0.5) is 0 Å². The SMILES string of the molecule is CCCc1cc(=O)[nH]c(SCc2csc(C(=O)O)n2)n1. The Bertz CT molecular complexity index is 666. The van der Waals surface area contributed by atoms with E-state index in [1.54, 1.807) is 5.38 Å². The van der Waals surface area contributed by atoms with Gasteiger partial charge < -0.3 is 10.1 Å². The summed E-state index contributed by atoms with van der Waals surface area (Å²) in [5.41, 5.74) is 1.26. The standard InChI is InChI=1S/C12H13N3O3S2/c1-2-3-7-4-9(16)15-12(14-7)20-6-8-5-19-10(13-8)11(17)18/h4-5H,2-3,6H2,1H3,(H,17,18)(H,14,15,16). The van der Waals surface area contributed by atoms with Gasteiger partial charge in [0.05, 0.1) is 5.69 Å². The summed E-state index contributed by atoms with van der Waals surface area (Å²) in [5.74, 6) is -0.551. The van der Waals surface area contributed by atoms with Crippen molar-refractivity contribution in [3.63, 3.8) is 0 Å². The number of carboxylic acid groups (broad SMARTS) is 1. The van der Waals surface area contributed by atoms with E-state index < -0.39 is 5.97 Å². The predicted octanol–water partition coefficient (Wildman–Crippen LogP) is 2.17. The molecule has 2 aromatic heterocycles. The lowest BCUT2D eigenvalue weighted by atomic mass is 10.2. The Hall–Kier alpha value is -1.67. The lowest BCUT2D eigenvalue weighted by Crippen LogP contribution is -2.10. The summed E-state index contributed by atoms with van der Waals surface area (Å²) in [6.07, 6.45) is 1.69. The zero-order chi connectivity index (χ0) is 14.5.